The Kier molecular flexibility index (Phi) is 5.64. The topological polar surface area (TPSA) is 26.0 Å². The molecule has 1 rings (SSSR count). The van der Waals surface area contributed by atoms with E-state index in [0.29, 0.717) is 0 Å². The van der Waals surface area contributed by atoms with Crippen LogP contribution in [0.3, 0.4) is 0 Å². The molecule has 0 fully saturated rings. The SMILES string of the molecule is NCCCCSCc1ccccc1F. The zero-order valence-corrected chi connectivity index (χ0v) is 9.02. The molecule has 0 saturated carbocycles. The van der Waals surface area contributed by atoms with Crippen molar-refractivity contribution in [1.82, 2.24) is 0 Å². The van der Waals surface area contributed by atoms with Gasteiger partial charge in [-0.1, -0.05) is 18.2 Å². The number of hydrogen-bond acceptors (Lipinski definition) is 2. The zero-order valence-electron chi connectivity index (χ0n) is 8.21. The quantitative estimate of drug-likeness (QED) is 0.735. The molecule has 14 heavy (non-hydrogen) atoms. The number of hydrogen-bond donors (Lipinski definition) is 1. The standard InChI is InChI=1S/C11H16FNS/c12-11-6-2-1-5-10(11)9-14-8-4-3-7-13/h1-2,5-6H,3-4,7-9,13H2. The molecule has 3 heteroatoms. The number of halogens is 1. The van der Waals surface area contributed by atoms with E-state index in [9.17, 15) is 4.39 Å². The van der Waals surface area contributed by atoms with E-state index in [1.165, 1.54) is 6.07 Å². The van der Waals surface area contributed by atoms with Crippen LogP contribution in [0.5, 0.6) is 0 Å². The molecule has 0 atom stereocenters. The first-order valence-corrected chi connectivity index (χ1v) is 6.01. The van der Waals surface area contributed by atoms with Gasteiger partial charge in [0.1, 0.15) is 5.82 Å². The lowest BCUT2D eigenvalue weighted by molar-refractivity contribution is 0.617. The van der Waals surface area contributed by atoms with Crippen molar-refractivity contribution < 1.29 is 4.39 Å². The summed E-state index contributed by atoms with van der Waals surface area (Å²) < 4.78 is 13.1. The van der Waals surface area contributed by atoms with Crippen LogP contribution in [0.25, 0.3) is 0 Å². The summed E-state index contributed by atoms with van der Waals surface area (Å²) in [6.45, 7) is 0.750. The fraction of sp³-hybridized carbons (Fsp3) is 0.455. The molecule has 0 aliphatic heterocycles. The van der Waals surface area contributed by atoms with Crippen LogP contribution in [-0.4, -0.2) is 12.3 Å². The molecule has 1 nitrogen and oxygen atoms in total. The summed E-state index contributed by atoms with van der Waals surface area (Å²) in [5, 5.41) is 0. The molecule has 0 saturated heterocycles. The van der Waals surface area contributed by atoms with Gasteiger partial charge in [-0.3, -0.25) is 0 Å². The van der Waals surface area contributed by atoms with Crippen molar-refractivity contribution in [3.8, 4) is 0 Å². The summed E-state index contributed by atoms with van der Waals surface area (Å²) in [5.41, 5.74) is 6.17. The third-order valence-electron chi connectivity index (χ3n) is 1.96. The number of rotatable bonds is 6. The highest BCUT2D eigenvalue weighted by Gasteiger charge is 1.99. The Balaban J connectivity index is 2.21. The predicted molar refractivity (Wildman–Crippen MR) is 60.9 cm³/mol. The first-order valence-electron chi connectivity index (χ1n) is 4.86. The van der Waals surface area contributed by atoms with Gasteiger partial charge >= 0.3 is 0 Å². The molecule has 1 aromatic rings. The summed E-state index contributed by atoms with van der Waals surface area (Å²) in [4.78, 5) is 0. The van der Waals surface area contributed by atoms with E-state index in [2.05, 4.69) is 0 Å². The van der Waals surface area contributed by atoms with Crippen molar-refractivity contribution >= 4 is 11.8 Å². The molecule has 0 aliphatic rings. The Morgan fingerprint density at radius 2 is 2.00 bits per heavy atom. The average molecular weight is 213 g/mol. The third-order valence-corrected chi connectivity index (χ3v) is 3.05. The van der Waals surface area contributed by atoms with Crippen LogP contribution in [0.2, 0.25) is 0 Å². The van der Waals surface area contributed by atoms with E-state index in [0.717, 1.165) is 36.5 Å². The summed E-state index contributed by atoms with van der Waals surface area (Å²) in [5.74, 6) is 1.72. The second-order valence-electron chi connectivity index (χ2n) is 3.14. The summed E-state index contributed by atoms with van der Waals surface area (Å²) in [6, 6.07) is 6.94. The highest BCUT2D eigenvalue weighted by molar-refractivity contribution is 7.98. The maximum absolute atomic E-state index is 13.1. The molecule has 0 heterocycles. The molecular weight excluding hydrogens is 197 g/mol. The van der Waals surface area contributed by atoms with Crippen LogP contribution >= 0.6 is 11.8 Å². The number of nitrogens with two attached hydrogens (primary N) is 1. The monoisotopic (exact) mass is 213 g/mol. The second kappa shape index (κ2) is 6.85. The fourth-order valence-electron chi connectivity index (χ4n) is 1.15. The van der Waals surface area contributed by atoms with Crippen LogP contribution in [0.4, 0.5) is 4.39 Å². The Morgan fingerprint density at radius 1 is 1.21 bits per heavy atom. The minimum atomic E-state index is -0.0983. The zero-order chi connectivity index (χ0) is 10.2. The van der Waals surface area contributed by atoms with Gasteiger partial charge in [-0.2, -0.15) is 11.8 Å². The Labute approximate surface area is 88.9 Å². The largest absolute Gasteiger partial charge is 0.330 e. The van der Waals surface area contributed by atoms with Gasteiger partial charge in [0.25, 0.3) is 0 Å². The smallest absolute Gasteiger partial charge is 0.127 e. The first-order chi connectivity index (χ1) is 6.84. The number of thioether (sulfide) groups is 1. The molecule has 0 unspecified atom stereocenters. The minimum absolute atomic E-state index is 0.0983. The second-order valence-corrected chi connectivity index (χ2v) is 4.24. The van der Waals surface area contributed by atoms with Crippen molar-refractivity contribution in [3.05, 3.63) is 35.6 Å². The lowest BCUT2D eigenvalue weighted by atomic mass is 10.2. The number of unbranched alkanes of at least 4 members (excludes halogenated alkanes) is 1. The third kappa shape index (κ3) is 4.11. The Hall–Kier alpha value is -0.540. The molecule has 78 valence electrons. The summed E-state index contributed by atoms with van der Waals surface area (Å²) >= 11 is 1.76. The van der Waals surface area contributed by atoms with Crippen LogP contribution in [0.1, 0.15) is 18.4 Å². The average Bonchev–Trinajstić information content (AvgIpc) is 2.20. The maximum Gasteiger partial charge on any atom is 0.127 e. The molecule has 0 amide bonds. The van der Waals surface area contributed by atoms with Gasteiger partial charge < -0.3 is 5.73 Å². The predicted octanol–water partition coefficient (Wildman–Crippen LogP) is 2.80. The van der Waals surface area contributed by atoms with Crippen molar-refractivity contribution in [1.29, 1.82) is 0 Å². The van der Waals surface area contributed by atoms with Crippen LogP contribution in [0, 0.1) is 5.82 Å². The van der Waals surface area contributed by atoms with E-state index in [1.807, 2.05) is 12.1 Å². The maximum atomic E-state index is 13.1. The normalized spacial score (nSPS) is 10.4. The molecule has 0 spiro atoms. The van der Waals surface area contributed by atoms with Crippen molar-refractivity contribution in [2.24, 2.45) is 5.73 Å². The van der Waals surface area contributed by atoms with Crippen molar-refractivity contribution in [2.75, 3.05) is 12.3 Å². The van der Waals surface area contributed by atoms with Gasteiger partial charge in [-0.15, -0.1) is 0 Å². The van der Waals surface area contributed by atoms with Gasteiger partial charge in [0, 0.05) is 5.75 Å². The van der Waals surface area contributed by atoms with Crippen LogP contribution in [0.15, 0.2) is 24.3 Å². The van der Waals surface area contributed by atoms with Gasteiger partial charge in [-0.05, 0) is 36.8 Å². The van der Waals surface area contributed by atoms with Crippen LogP contribution < -0.4 is 5.73 Å². The minimum Gasteiger partial charge on any atom is -0.330 e. The molecule has 0 radical (unpaired) electrons. The van der Waals surface area contributed by atoms with E-state index < -0.39 is 0 Å². The molecular formula is C11H16FNS. The molecule has 0 aromatic heterocycles. The molecule has 1 aromatic carbocycles. The molecule has 2 N–H and O–H groups in total. The van der Waals surface area contributed by atoms with E-state index in [-0.39, 0.29) is 5.82 Å². The first kappa shape index (κ1) is 11.5. The van der Waals surface area contributed by atoms with Gasteiger partial charge in [0.05, 0.1) is 0 Å². The summed E-state index contributed by atoms with van der Waals surface area (Å²) in [7, 11) is 0. The van der Waals surface area contributed by atoms with Crippen LogP contribution in [-0.2, 0) is 5.75 Å². The highest BCUT2D eigenvalue weighted by Crippen LogP contribution is 2.16. The van der Waals surface area contributed by atoms with Crippen molar-refractivity contribution in [3.63, 3.8) is 0 Å². The van der Waals surface area contributed by atoms with Gasteiger partial charge in [0.15, 0.2) is 0 Å². The molecule has 0 bridgehead atoms. The lowest BCUT2D eigenvalue weighted by Gasteiger charge is -2.02. The van der Waals surface area contributed by atoms with Gasteiger partial charge in [-0.25, -0.2) is 4.39 Å². The summed E-state index contributed by atoms with van der Waals surface area (Å²) in [6.07, 6.45) is 2.18. The Morgan fingerprint density at radius 3 is 2.71 bits per heavy atom. The van der Waals surface area contributed by atoms with Crippen molar-refractivity contribution in [2.45, 2.75) is 18.6 Å². The lowest BCUT2D eigenvalue weighted by Crippen LogP contribution is -1.98. The number of benzene rings is 1. The van der Waals surface area contributed by atoms with E-state index in [4.69, 9.17) is 5.73 Å². The Bertz CT molecular complexity index is 265. The highest BCUT2D eigenvalue weighted by atomic mass is 32.2. The fourth-order valence-corrected chi connectivity index (χ4v) is 2.15. The molecule has 0 aliphatic carbocycles. The van der Waals surface area contributed by atoms with E-state index >= 15 is 0 Å². The van der Waals surface area contributed by atoms with Gasteiger partial charge in [0.2, 0.25) is 0 Å². The van der Waals surface area contributed by atoms with E-state index in [1.54, 1.807) is 17.8 Å².